The van der Waals surface area contributed by atoms with Crippen LogP contribution in [0.15, 0.2) is 61.1 Å². The van der Waals surface area contributed by atoms with Gasteiger partial charge in [0.25, 0.3) is 5.91 Å². The quantitative estimate of drug-likeness (QED) is 0.437. The van der Waals surface area contributed by atoms with Gasteiger partial charge >= 0.3 is 0 Å². The van der Waals surface area contributed by atoms with Crippen molar-refractivity contribution in [2.45, 2.75) is 6.54 Å². The second kappa shape index (κ2) is 7.27. The lowest BCUT2D eigenvalue weighted by molar-refractivity contribution is 0.0950. The number of fused-ring (bicyclic) bond motifs is 2. The predicted octanol–water partition coefficient (Wildman–Crippen LogP) is 4.82. The van der Waals surface area contributed by atoms with Crippen LogP contribution in [0.4, 0.5) is 0 Å². The van der Waals surface area contributed by atoms with Crippen molar-refractivity contribution < 1.29 is 4.79 Å². The molecule has 0 saturated heterocycles. The van der Waals surface area contributed by atoms with Crippen molar-refractivity contribution in [2.24, 2.45) is 0 Å². The van der Waals surface area contributed by atoms with E-state index in [-0.39, 0.29) is 5.91 Å². The third-order valence-corrected chi connectivity index (χ3v) is 5.80. The minimum atomic E-state index is -0.206. The molecule has 0 saturated carbocycles. The number of amides is 1. The van der Waals surface area contributed by atoms with Crippen molar-refractivity contribution in [1.82, 2.24) is 25.3 Å². The third kappa shape index (κ3) is 3.46. The molecule has 0 aliphatic carbocycles. The van der Waals surface area contributed by atoms with E-state index in [1.807, 2.05) is 48.7 Å². The van der Waals surface area contributed by atoms with E-state index in [1.54, 1.807) is 12.4 Å². The monoisotopic (exact) mass is 419 g/mol. The molecule has 2 N–H and O–H groups in total. The SMILES string of the molecule is O=C(NCc1cccc(Cl)c1)c1nc2ccc(-c3ncnc4[nH]ccc34)cc2s1. The number of thiazole rings is 1. The van der Waals surface area contributed by atoms with Crippen LogP contribution in [0.2, 0.25) is 5.02 Å². The van der Waals surface area contributed by atoms with Crippen LogP contribution in [0.1, 0.15) is 15.4 Å². The molecule has 2 aromatic carbocycles. The molecular formula is C21H14ClN5OS. The molecule has 0 unspecified atom stereocenters. The molecule has 1 amide bonds. The first-order valence-electron chi connectivity index (χ1n) is 8.89. The van der Waals surface area contributed by atoms with Gasteiger partial charge in [0.2, 0.25) is 0 Å². The third-order valence-electron chi connectivity index (χ3n) is 4.55. The number of hydrogen-bond donors (Lipinski definition) is 2. The summed E-state index contributed by atoms with van der Waals surface area (Å²) in [5.41, 5.74) is 4.32. The van der Waals surface area contributed by atoms with Crippen LogP contribution >= 0.6 is 22.9 Å². The highest BCUT2D eigenvalue weighted by atomic mass is 35.5. The Morgan fingerprint density at radius 1 is 1.14 bits per heavy atom. The van der Waals surface area contributed by atoms with Crippen molar-refractivity contribution in [3.63, 3.8) is 0 Å². The summed E-state index contributed by atoms with van der Waals surface area (Å²) in [5, 5.41) is 4.92. The Hall–Kier alpha value is -3.29. The molecular weight excluding hydrogens is 406 g/mol. The van der Waals surface area contributed by atoms with Gasteiger partial charge in [-0.05, 0) is 35.9 Å². The lowest BCUT2D eigenvalue weighted by Gasteiger charge is -2.03. The second-order valence-electron chi connectivity index (χ2n) is 6.48. The van der Waals surface area contributed by atoms with Crippen LogP contribution in [0, 0.1) is 0 Å². The molecule has 29 heavy (non-hydrogen) atoms. The minimum absolute atomic E-state index is 0.206. The van der Waals surface area contributed by atoms with Crippen LogP contribution < -0.4 is 5.32 Å². The topological polar surface area (TPSA) is 83.6 Å². The van der Waals surface area contributed by atoms with Crippen LogP contribution in [-0.2, 0) is 6.54 Å². The number of nitrogens with zero attached hydrogens (tertiary/aromatic N) is 3. The summed E-state index contributed by atoms with van der Waals surface area (Å²) in [6.07, 6.45) is 3.39. The van der Waals surface area contributed by atoms with Gasteiger partial charge in [-0.1, -0.05) is 29.8 Å². The maximum Gasteiger partial charge on any atom is 0.280 e. The fourth-order valence-electron chi connectivity index (χ4n) is 3.18. The maximum absolute atomic E-state index is 12.5. The van der Waals surface area contributed by atoms with Crippen LogP contribution in [0.3, 0.4) is 0 Å². The van der Waals surface area contributed by atoms with Gasteiger partial charge in [-0.2, -0.15) is 0 Å². The number of aromatic amines is 1. The summed E-state index contributed by atoms with van der Waals surface area (Å²) >= 11 is 7.35. The van der Waals surface area contributed by atoms with Crippen LogP contribution in [0.5, 0.6) is 0 Å². The number of benzene rings is 2. The summed E-state index contributed by atoms with van der Waals surface area (Å²) in [6.45, 7) is 0.396. The Bertz CT molecular complexity index is 1360. The highest BCUT2D eigenvalue weighted by Crippen LogP contribution is 2.30. The molecule has 0 spiro atoms. The second-order valence-corrected chi connectivity index (χ2v) is 7.94. The van der Waals surface area contributed by atoms with Gasteiger partial charge < -0.3 is 10.3 Å². The number of rotatable bonds is 4. The Kier molecular flexibility index (Phi) is 4.46. The van der Waals surface area contributed by atoms with Gasteiger partial charge in [0.1, 0.15) is 12.0 Å². The zero-order chi connectivity index (χ0) is 19.8. The van der Waals surface area contributed by atoms with E-state index in [1.165, 1.54) is 11.3 Å². The summed E-state index contributed by atoms with van der Waals surface area (Å²) in [5.74, 6) is -0.206. The first-order valence-corrected chi connectivity index (χ1v) is 10.1. The molecule has 3 aromatic heterocycles. The van der Waals surface area contributed by atoms with Crippen molar-refractivity contribution in [3.05, 3.63) is 76.6 Å². The Morgan fingerprint density at radius 3 is 2.97 bits per heavy atom. The number of carbonyl (C=O) groups is 1. The van der Waals surface area contributed by atoms with E-state index >= 15 is 0 Å². The van der Waals surface area contributed by atoms with Gasteiger partial charge in [0, 0.05) is 28.7 Å². The summed E-state index contributed by atoms with van der Waals surface area (Å²) in [6, 6.07) is 15.2. The van der Waals surface area contributed by atoms with E-state index in [0.717, 1.165) is 38.1 Å². The molecule has 0 atom stereocenters. The normalized spacial score (nSPS) is 11.2. The molecule has 0 aliphatic heterocycles. The van der Waals surface area contributed by atoms with E-state index in [9.17, 15) is 4.79 Å². The summed E-state index contributed by atoms with van der Waals surface area (Å²) in [4.78, 5) is 28.8. The first kappa shape index (κ1) is 17.8. The Morgan fingerprint density at radius 2 is 2.07 bits per heavy atom. The molecule has 0 radical (unpaired) electrons. The van der Waals surface area contributed by atoms with Crippen molar-refractivity contribution in [1.29, 1.82) is 0 Å². The van der Waals surface area contributed by atoms with Crippen LogP contribution in [0.25, 0.3) is 32.5 Å². The molecule has 8 heteroatoms. The van der Waals surface area contributed by atoms with Crippen LogP contribution in [-0.4, -0.2) is 25.8 Å². The minimum Gasteiger partial charge on any atom is -0.346 e. The molecule has 0 bridgehead atoms. The Labute approximate surface area is 174 Å². The van der Waals surface area contributed by atoms with Crippen molar-refractivity contribution >= 4 is 50.1 Å². The average Bonchev–Trinajstić information content (AvgIpc) is 3.38. The molecule has 0 fully saturated rings. The number of halogens is 1. The van der Waals surface area contributed by atoms with Gasteiger partial charge in [-0.15, -0.1) is 11.3 Å². The van der Waals surface area contributed by atoms with E-state index in [4.69, 9.17) is 11.6 Å². The molecule has 3 heterocycles. The number of H-pyrrole nitrogens is 1. The molecule has 0 aliphatic rings. The standard InChI is InChI=1S/C21H14ClN5OS/c22-14-3-1-2-12(8-14)10-24-20(28)21-27-16-5-4-13(9-17(16)29-21)18-15-6-7-23-19(15)26-11-25-18/h1-9,11H,10H2,(H,24,28)(H,23,25,26). The number of nitrogens with one attached hydrogen (secondary N) is 2. The average molecular weight is 420 g/mol. The lowest BCUT2D eigenvalue weighted by Crippen LogP contribution is -2.22. The molecule has 5 aromatic rings. The fraction of sp³-hybridized carbons (Fsp3) is 0.0476. The van der Waals surface area contributed by atoms with Crippen molar-refractivity contribution in [2.75, 3.05) is 0 Å². The first-order chi connectivity index (χ1) is 14.2. The number of aromatic nitrogens is 4. The highest BCUT2D eigenvalue weighted by Gasteiger charge is 2.14. The van der Waals surface area contributed by atoms with Gasteiger partial charge in [-0.3, -0.25) is 4.79 Å². The summed E-state index contributed by atoms with van der Waals surface area (Å²) < 4.78 is 0.928. The maximum atomic E-state index is 12.5. The molecule has 142 valence electrons. The number of carbonyl (C=O) groups excluding carboxylic acids is 1. The van der Waals surface area contributed by atoms with E-state index < -0.39 is 0 Å². The van der Waals surface area contributed by atoms with Gasteiger partial charge in [0.05, 0.1) is 15.9 Å². The molecule has 5 rings (SSSR count). The predicted molar refractivity (Wildman–Crippen MR) is 115 cm³/mol. The zero-order valence-electron chi connectivity index (χ0n) is 15.0. The van der Waals surface area contributed by atoms with Crippen molar-refractivity contribution in [3.8, 4) is 11.3 Å². The molecule has 6 nitrogen and oxygen atoms in total. The zero-order valence-corrected chi connectivity index (χ0v) is 16.6. The highest BCUT2D eigenvalue weighted by molar-refractivity contribution is 7.20. The van der Waals surface area contributed by atoms with Gasteiger partial charge in [0.15, 0.2) is 5.01 Å². The van der Waals surface area contributed by atoms with E-state index in [0.29, 0.717) is 16.6 Å². The summed E-state index contributed by atoms with van der Waals surface area (Å²) in [7, 11) is 0. The largest absolute Gasteiger partial charge is 0.346 e. The lowest BCUT2D eigenvalue weighted by atomic mass is 10.1. The van der Waals surface area contributed by atoms with E-state index in [2.05, 4.69) is 25.3 Å². The smallest absolute Gasteiger partial charge is 0.280 e. The Balaban J connectivity index is 1.42. The van der Waals surface area contributed by atoms with Gasteiger partial charge in [-0.25, -0.2) is 15.0 Å². The fourth-order valence-corrected chi connectivity index (χ4v) is 4.31. The number of hydrogen-bond acceptors (Lipinski definition) is 5.